The van der Waals surface area contributed by atoms with Gasteiger partial charge >= 0.3 is 0 Å². The normalized spacial score (nSPS) is 13.0. The van der Waals surface area contributed by atoms with Gasteiger partial charge in [0.15, 0.2) is 0 Å². The zero-order valence-electron chi connectivity index (χ0n) is 10.6. The second-order valence-corrected chi connectivity index (χ2v) is 4.33. The van der Waals surface area contributed by atoms with E-state index < -0.39 is 0 Å². The van der Waals surface area contributed by atoms with E-state index in [9.17, 15) is 0 Å². The van der Waals surface area contributed by atoms with Crippen LogP contribution >= 0.6 is 0 Å². The molecule has 0 aliphatic rings. The quantitative estimate of drug-likeness (QED) is 0.762. The predicted molar refractivity (Wildman–Crippen MR) is 68.3 cm³/mol. The number of pyridine rings is 1. The molecule has 0 amide bonds. The third-order valence-corrected chi connectivity index (χ3v) is 2.78. The number of nitrogens with zero attached hydrogens (tertiary/aromatic N) is 2. The number of aromatic nitrogens is 1. The van der Waals surface area contributed by atoms with E-state index in [1.165, 1.54) is 18.4 Å². The van der Waals surface area contributed by atoms with Crippen LogP contribution in [0.4, 0.5) is 0 Å². The van der Waals surface area contributed by atoms with Crippen LogP contribution in [-0.2, 0) is 6.54 Å². The van der Waals surface area contributed by atoms with Crippen LogP contribution in [-0.4, -0.2) is 36.6 Å². The van der Waals surface area contributed by atoms with E-state index in [4.69, 9.17) is 0 Å². The minimum atomic E-state index is 0.594. The minimum absolute atomic E-state index is 0.594. The Bertz CT molecular complexity index is 274. The summed E-state index contributed by atoms with van der Waals surface area (Å²) in [6.07, 6.45) is 6.17. The third-order valence-electron chi connectivity index (χ3n) is 2.78. The van der Waals surface area contributed by atoms with Gasteiger partial charge in [-0.15, -0.1) is 0 Å². The highest BCUT2D eigenvalue weighted by molar-refractivity contribution is 5.09. The summed E-state index contributed by atoms with van der Waals surface area (Å²) in [6.45, 7) is 4.31. The summed E-state index contributed by atoms with van der Waals surface area (Å²) in [5.74, 6) is 0. The zero-order chi connectivity index (χ0) is 11.8. The fourth-order valence-corrected chi connectivity index (χ4v) is 1.92. The minimum Gasteiger partial charge on any atom is -0.316 e. The Morgan fingerprint density at radius 3 is 2.62 bits per heavy atom. The number of nitrogens with one attached hydrogen (secondary N) is 1. The Morgan fingerprint density at radius 2 is 2.06 bits per heavy atom. The molecule has 1 heterocycles. The first-order valence-corrected chi connectivity index (χ1v) is 6.01. The van der Waals surface area contributed by atoms with Crippen molar-refractivity contribution in [2.45, 2.75) is 32.4 Å². The van der Waals surface area contributed by atoms with Crippen LogP contribution in [0.2, 0.25) is 0 Å². The van der Waals surface area contributed by atoms with Crippen LogP contribution in [0.15, 0.2) is 24.5 Å². The maximum absolute atomic E-state index is 4.03. The standard InChI is InChI=1S/C13H23N3/c1-4-5-13(14-2)11-16(3)10-12-6-8-15-9-7-12/h6-9,13-14H,4-5,10-11H2,1-3H3. The van der Waals surface area contributed by atoms with Gasteiger partial charge in [-0.2, -0.15) is 0 Å². The van der Waals surface area contributed by atoms with E-state index in [1.807, 2.05) is 19.4 Å². The molecular weight excluding hydrogens is 198 g/mol. The summed E-state index contributed by atoms with van der Waals surface area (Å²) < 4.78 is 0. The molecule has 1 aromatic rings. The molecule has 0 fully saturated rings. The van der Waals surface area contributed by atoms with Crippen molar-refractivity contribution < 1.29 is 0 Å². The molecule has 16 heavy (non-hydrogen) atoms. The summed E-state index contributed by atoms with van der Waals surface area (Å²) in [6, 6.07) is 4.74. The molecule has 1 unspecified atom stereocenters. The summed E-state index contributed by atoms with van der Waals surface area (Å²) in [7, 11) is 4.21. The average Bonchev–Trinajstić information content (AvgIpc) is 2.29. The van der Waals surface area contributed by atoms with E-state index in [2.05, 4.69) is 41.3 Å². The molecule has 0 aliphatic heterocycles. The lowest BCUT2D eigenvalue weighted by Gasteiger charge is -2.23. The van der Waals surface area contributed by atoms with Gasteiger partial charge in [0.1, 0.15) is 0 Å². The first kappa shape index (κ1) is 13.1. The Morgan fingerprint density at radius 1 is 1.38 bits per heavy atom. The monoisotopic (exact) mass is 221 g/mol. The second kappa shape index (κ2) is 7.36. The van der Waals surface area contributed by atoms with Gasteiger partial charge in [-0.3, -0.25) is 4.98 Å². The number of hydrogen-bond acceptors (Lipinski definition) is 3. The van der Waals surface area contributed by atoms with Gasteiger partial charge in [-0.1, -0.05) is 13.3 Å². The van der Waals surface area contributed by atoms with Crippen LogP contribution in [0.25, 0.3) is 0 Å². The third kappa shape index (κ3) is 4.73. The Hall–Kier alpha value is -0.930. The van der Waals surface area contributed by atoms with Gasteiger partial charge in [-0.25, -0.2) is 0 Å². The number of hydrogen-bond donors (Lipinski definition) is 1. The molecule has 0 saturated heterocycles. The van der Waals surface area contributed by atoms with Gasteiger partial charge in [0.25, 0.3) is 0 Å². The molecule has 0 aliphatic carbocycles. The Labute approximate surface area is 98.9 Å². The smallest absolute Gasteiger partial charge is 0.0271 e. The van der Waals surface area contributed by atoms with Crippen LogP contribution in [0.5, 0.6) is 0 Å². The molecule has 0 aromatic carbocycles. The highest BCUT2D eigenvalue weighted by Gasteiger charge is 2.08. The van der Waals surface area contributed by atoms with Crippen LogP contribution in [0, 0.1) is 0 Å². The lowest BCUT2D eigenvalue weighted by molar-refractivity contribution is 0.280. The van der Waals surface area contributed by atoms with E-state index in [0.717, 1.165) is 13.1 Å². The van der Waals surface area contributed by atoms with Crippen molar-refractivity contribution in [3.8, 4) is 0 Å². The summed E-state index contributed by atoms with van der Waals surface area (Å²) in [4.78, 5) is 6.38. The summed E-state index contributed by atoms with van der Waals surface area (Å²) in [5, 5.41) is 3.37. The maximum atomic E-state index is 4.03. The molecule has 1 atom stereocenters. The molecule has 3 nitrogen and oxygen atoms in total. The van der Waals surface area contributed by atoms with Crippen molar-refractivity contribution >= 4 is 0 Å². The highest BCUT2D eigenvalue weighted by Crippen LogP contribution is 2.04. The molecular formula is C13H23N3. The number of likely N-dealkylation sites (N-methyl/N-ethyl adjacent to an activating group) is 2. The lowest BCUT2D eigenvalue weighted by atomic mass is 10.1. The fourth-order valence-electron chi connectivity index (χ4n) is 1.92. The molecule has 0 saturated carbocycles. The number of rotatable bonds is 7. The first-order chi connectivity index (χ1) is 7.76. The maximum Gasteiger partial charge on any atom is 0.0271 e. The predicted octanol–water partition coefficient (Wildman–Crippen LogP) is 1.90. The van der Waals surface area contributed by atoms with Gasteiger partial charge in [-0.05, 0) is 38.2 Å². The highest BCUT2D eigenvalue weighted by atomic mass is 15.1. The van der Waals surface area contributed by atoms with E-state index in [0.29, 0.717) is 6.04 Å². The fraction of sp³-hybridized carbons (Fsp3) is 0.615. The molecule has 1 aromatic heterocycles. The van der Waals surface area contributed by atoms with Crippen LogP contribution in [0.1, 0.15) is 25.3 Å². The molecule has 3 heteroatoms. The van der Waals surface area contributed by atoms with E-state index in [-0.39, 0.29) is 0 Å². The van der Waals surface area contributed by atoms with Gasteiger partial charge < -0.3 is 10.2 Å². The largest absolute Gasteiger partial charge is 0.316 e. The topological polar surface area (TPSA) is 28.2 Å². The summed E-state index contributed by atoms with van der Waals surface area (Å²) >= 11 is 0. The van der Waals surface area contributed by atoms with Crippen molar-refractivity contribution in [2.24, 2.45) is 0 Å². The molecule has 0 radical (unpaired) electrons. The second-order valence-electron chi connectivity index (χ2n) is 4.33. The summed E-state index contributed by atoms with van der Waals surface area (Å²) in [5.41, 5.74) is 1.32. The van der Waals surface area contributed by atoms with E-state index >= 15 is 0 Å². The molecule has 1 N–H and O–H groups in total. The van der Waals surface area contributed by atoms with Crippen molar-refractivity contribution in [2.75, 3.05) is 20.6 Å². The van der Waals surface area contributed by atoms with Gasteiger partial charge in [0.05, 0.1) is 0 Å². The molecule has 90 valence electrons. The van der Waals surface area contributed by atoms with Crippen LogP contribution in [0.3, 0.4) is 0 Å². The van der Waals surface area contributed by atoms with Crippen molar-refractivity contribution in [3.05, 3.63) is 30.1 Å². The molecule has 0 spiro atoms. The van der Waals surface area contributed by atoms with Crippen molar-refractivity contribution in [1.29, 1.82) is 0 Å². The average molecular weight is 221 g/mol. The van der Waals surface area contributed by atoms with Gasteiger partial charge in [0.2, 0.25) is 0 Å². The lowest BCUT2D eigenvalue weighted by Crippen LogP contribution is -2.37. The first-order valence-electron chi connectivity index (χ1n) is 6.01. The van der Waals surface area contributed by atoms with E-state index in [1.54, 1.807) is 0 Å². The van der Waals surface area contributed by atoms with Crippen LogP contribution < -0.4 is 5.32 Å². The molecule has 1 rings (SSSR count). The Kier molecular flexibility index (Phi) is 6.04. The SMILES string of the molecule is CCCC(CN(C)Cc1ccncc1)NC. The van der Waals surface area contributed by atoms with Crippen molar-refractivity contribution in [1.82, 2.24) is 15.2 Å². The molecule has 0 bridgehead atoms. The van der Waals surface area contributed by atoms with Gasteiger partial charge in [0, 0.05) is 31.5 Å². The van der Waals surface area contributed by atoms with Crippen molar-refractivity contribution in [3.63, 3.8) is 0 Å². The Balaban J connectivity index is 2.37. The zero-order valence-corrected chi connectivity index (χ0v) is 10.6.